The number of para-hydroxylation sites is 1. The lowest BCUT2D eigenvalue weighted by molar-refractivity contribution is 0.0643. The van der Waals surface area contributed by atoms with E-state index in [0.29, 0.717) is 23.8 Å². The number of β-amino-alcohol motifs (C(OH)–C–C–N with tert-alkyl or cyclic N) is 1. The molecule has 1 saturated heterocycles. The molecule has 0 aromatic heterocycles. The molecule has 0 bridgehead atoms. The Kier molecular flexibility index (Phi) is 9.36. The number of anilines is 1. The van der Waals surface area contributed by atoms with E-state index in [-0.39, 0.29) is 19.0 Å². The molecule has 1 N–H and O–H groups in total. The lowest BCUT2D eigenvalue weighted by Gasteiger charge is -2.36. The molecule has 166 valence electrons. The number of piperazine rings is 1. The van der Waals surface area contributed by atoms with Crippen molar-refractivity contribution in [3.05, 3.63) is 42.5 Å². The van der Waals surface area contributed by atoms with Crippen molar-refractivity contribution in [2.45, 2.75) is 6.10 Å². The van der Waals surface area contributed by atoms with Gasteiger partial charge >= 0.3 is 0 Å². The molecule has 1 heterocycles. The van der Waals surface area contributed by atoms with Crippen LogP contribution in [0.2, 0.25) is 0 Å². The van der Waals surface area contributed by atoms with Gasteiger partial charge in [-0.25, -0.2) is 0 Å². The third-order valence-electron chi connectivity index (χ3n) is 5.08. The third kappa shape index (κ3) is 6.08. The number of methoxy groups -OCH3 is 3. The molecule has 0 amide bonds. The highest BCUT2D eigenvalue weighted by atomic mass is 35.5. The summed E-state index contributed by atoms with van der Waals surface area (Å²) in [6.45, 7) is 4.35. The van der Waals surface area contributed by atoms with Gasteiger partial charge in [0.05, 0.1) is 21.3 Å². The standard InChI is InChI=1S/C22H30N2O5.ClH/c1-26-19-9-7-17(8-10-19)24-13-11-23(12-14-24)15-18(25)16-29-22-20(27-2)5-4-6-21(22)28-3;/h4-10,18,25H,11-16H2,1-3H3;1H. The van der Waals surface area contributed by atoms with Crippen LogP contribution >= 0.6 is 12.4 Å². The predicted octanol–water partition coefficient (Wildman–Crippen LogP) is 2.70. The predicted molar refractivity (Wildman–Crippen MR) is 120 cm³/mol. The van der Waals surface area contributed by atoms with Gasteiger partial charge in [-0.3, -0.25) is 4.90 Å². The van der Waals surface area contributed by atoms with Gasteiger partial charge in [0.15, 0.2) is 11.5 Å². The Morgan fingerprint density at radius 3 is 2.00 bits per heavy atom. The molecule has 1 fully saturated rings. The largest absolute Gasteiger partial charge is 0.497 e. The van der Waals surface area contributed by atoms with Crippen LogP contribution in [-0.2, 0) is 0 Å². The molecule has 2 aromatic rings. The van der Waals surface area contributed by atoms with Gasteiger partial charge < -0.3 is 29.0 Å². The lowest BCUT2D eigenvalue weighted by atomic mass is 10.2. The number of aliphatic hydroxyl groups excluding tert-OH is 1. The zero-order chi connectivity index (χ0) is 20.6. The monoisotopic (exact) mass is 438 g/mol. The fourth-order valence-corrected chi connectivity index (χ4v) is 3.47. The summed E-state index contributed by atoms with van der Waals surface area (Å²) < 4.78 is 21.7. The molecule has 7 nitrogen and oxygen atoms in total. The van der Waals surface area contributed by atoms with E-state index >= 15 is 0 Å². The summed E-state index contributed by atoms with van der Waals surface area (Å²) >= 11 is 0. The first-order chi connectivity index (χ1) is 14.1. The quantitative estimate of drug-likeness (QED) is 0.645. The number of hydrogen-bond donors (Lipinski definition) is 1. The van der Waals surface area contributed by atoms with E-state index in [0.717, 1.165) is 31.9 Å². The second kappa shape index (κ2) is 11.7. The molecule has 2 aromatic carbocycles. The topological polar surface area (TPSA) is 63.6 Å². The number of aliphatic hydroxyl groups is 1. The molecule has 1 unspecified atom stereocenters. The van der Waals surface area contributed by atoms with Crippen LogP contribution in [0.25, 0.3) is 0 Å². The summed E-state index contributed by atoms with van der Waals surface area (Å²) in [6.07, 6.45) is -0.600. The van der Waals surface area contributed by atoms with Crippen molar-refractivity contribution in [3.8, 4) is 23.0 Å². The van der Waals surface area contributed by atoms with Crippen LogP contribution in [0.3, 0.4) is 0 Å². The van der Waals surface area contributed by atoms with E-state index in [9.17, 15) is 5.11 Å². The van der Waals surface area contributed by atoms with Crippen LogP contribution in [0.15, 0.2) is 42.5 Å². The van der Waals surface area contributed by atoms with E-state index < -0.39 is 6.10 Å². The summed E-state index contributed by atoms with van der Waals surface area (Å²) in [5.41, 5.74) is 1.19. The Balaban J connectivity index is 0.00000320. The highest BCUT2D eigenvalue weighted by molar-refractivity contribution is 5.85. The first-order valence-corrected chi connectivity index (χ1v) is 9.77. The molecule has 3 rings (SSSR count). The highest BCUT2D eigenvalue weighted by Crippen LogP contribution is 2.36. The molecule has 1 atom stereocenters. The number of benzene rings is 2. The number of rotatable bonds is 9. The molecule has 1 aliphatic heterocycles. The highest BCUT2D eigenvalue weighted by Gasteiger charge is 2.21. The summed E-state index contributed by atoms with van der Waals surface area (Å²) in [7, 11) is 4.84. The number of hydrogen-bond acceptors (Lipinski definition) is 7. The maximum Gasteiger partial charge on any atom is 0.203 e. The van der Waals surface area contributed by atoms with Gasteiger partial charge in [0, 0.05) is 38.4 Å². The fraction of sp³-hybridized carbons (Fsp3) is 0.455. The maximum absolute atomic E-state index is 10.5. The Labute approximate surface area is 184 Å². The van der Waals surface area contributed by atoms with E-state index in [2.05, 4.69) is 21.9 Å². The van der Waals surface area contributed by atoms with Crippen molar-refractivity contribution >= 4 is 18.1 Å². The molecular weight excluding hydrogens is 408 g/mol. The van der Waals surface area contributed by atoms with Crippen LogP contribution in [0.1, 0.15) is 0 Å². The first-order valence-electron chi connectivity index (χ1n) is 9.77. The second-order valence-corrected chi connectivity index (χ2v) is 6.94. The van der Waals surface area contributed by atoms with Crippen LogP contribution < -0.4 is 23.8 Å². The van der Waals surface area contributed by atoms with Gasteiger partial charge in [0.1, 0.15) is 18.5 Å². The normalized spacial score (nSPS) is 15.1. The number of ether oxygens (including phenoxy) is 4. The molecule has 8 heteroatoms. The summed E-state index contributed by atoms with van der Waals surface area (Å²) in [5, 5.41) is 10.5. The maximum atomic E-state index is 10.5. The van der Waals surface area contributed by atoms with E-state index in [4.69, 9.17) is 18.9 Å². The van der Waals surface area contributed by atoms with Gasteiger partial charge in [-0.2, -0.15) is 0 Å². The Morgan fingerprint density at radius 1 is 0.867 bits per heavy atom. The van der Waals surface area contributed by atoms with Crippen molar-refractivity contribution in [3.63, 3.8) is 0 Å². The van der Waals surface area contributed by atoms with Gasteiger partial charge in [-0.15, -0.1) is 12.4 Å². The summed E-state index contributed by atoms with van der Waals surface area (Å²) in [5.74, 6) is 2.55. The molecule has 0 aliphatic carbocycles. The molecular formula is C22H31ClN2O5. The Hall–Kier alpha value is -2.35. The van der Waals surface area contributed by atoms with Crippen molar-refractivity contribution in [2.75, 3.05) is 65.6 Å². The van der Waals surface area contributed by atoms with E-state index in [1.54, 1.807) is 21.3 Å². The second-order valence-electron chi connectivity index (χ2n) is 6.94. The molecule has 0 radical (unpaired) electrons. The average molecular weight is 439 g/mol. The SMILES string of the molecule is COc1ccc(N2CCN(CC(O)COc3c(OC)cccc3OC)CC2)cc1.Cl. The van der Waals surface area contributed by atoms with Crippen molar-refractivity contribution < 1.29 is 24.1 Å². The molecule has 1 aliphatic rings. The minimum absolute atomic E-state index is 0. The third-order valence-corrected chi connectivity index (χ3v) is 5.08. The van der Waals surface area contributed by atoms with Crippen LogP contribution in [0, 0.1) is 0 Å². The Morgan fingerprint density at radius 2 is 1.47 bits per heavy atom. The Bertz CT molecular complexity index is 744. The molecule has 0 spiro atoms. The lowest BCUT2D eigenvalue weighted by Crippen LogP contribution is -2.49. The van der Waals surface area contributed by atoms with Gasteiger partial charge in [0.25, 0.3) is 0 Å². The van der Waals surface area contributed by atoms with Crippen molar-refractivity contribution in [1.29, 1.82) is 0 Å². The number of nitrogens with zero attached hydrogens (tertiary/aromatic N) is 2. The van der Waals surface area contributed by atoms with Gasteiger partial charge in [0.2, 0.25) is 5.75 Å². The van der Waals surface area contributed by atoms with Crippen LogP contribution in [0.4, 0.5) is 5.69 Å². The smallest absolute Gasteiger partial charge is 0.203 e. The first kappa shape index (κ1) is 23.9. The minimum atomic E-state index is -0.600. The molecule has 0 saturated carbocycles. The van der Waals surface area contributed by atoms with Crippen molar-refractivity contribution in [2.24, 2.45) is 0 Å². The summed E-state index contributed by atoms with van der Waals surface area (Å²) in [6, 6.07) is 13.6. The number of halogens is 1. The van der Waals surface area contributed by atoms with Crippen LogP contribution in [-0.4, -0.2) is 76.8 Å². The fourth-order valence-electron chi connectivity index (χ4n) is 3.47. The molecule has 30 heavy (non-hydrogen) atoms. The average Bonchev–Trinajstić information content (AvgIpc) is 2.78. The summed E-state index contributed by atoms with van der Waals surface area (Å²) in [4.78, 5) is 4.60. The minimum Gasteiger partial charge on any atom is -0.497 e. The van der Waals surface area contributed by atoms with Crippen LogP contribution in [0.5, 0.6) is 23.0 Å². The van der Waals surface area contributed by atoms with E-state index in [1.807, 2.05) is 30.3 Å². The van der Waals surface area contributed by atoms with Gasteiger partial charge in [-0.05, 0) is 36.4 Å². The van der Waals surface area contributed by atoms with Gasteiger partial charge in [-0.1, -0.05) is 6.07 Å². The van der Waals surface area contributed by atoms with E-state index in [1.165, 1.54) is 5.69 Å². The van der Waals surface area contributed by atoms with Crippen molar-refractivity contribution in [1.82, 2.24) is 4.90 Å². The zero-order valence-electron chi connectivity index (χ0n) is 17.7. The zero-order valence-corrected chi connectivity index (χ0v) is 18.6.